The van der Waals surface area contributed by atoms with Crippen molar-refractivity contribution < 1.29 is 4.79 Å². The van der Waals surface area contributed by atoms with Crippen LogP contribution in [0.3, 0.4) is 0 Å². The van der Waals surface area contributed by atoms with Gasteiger partial charge in [-0.2, -0.15) is 0 Å². The van der Waals surface area contributed by atoms with Crippen LogP contribution in [0.4, 0.5) is 0 Å². The molecule has 0 saturated heterocycles. The first-order valence-corrected chi connectivity index (χ1v) is 7.53. The maximum absolute atomic E-state index is 12.5. The van der Waals surface area contributed by atoms with Crippen molar-refractivity contribution in [1.29, 1.82) is 0 Å². The van der Waals surface area contributed by atoms with Gasteiger partial charge in [0, 0.05) is 6.42 Å². The summed E-state index contributed by atoms with van der Waals surface area (Å²) in [5.74, 6) is 0.309. The number of hydrogen-bond donors (Lipinski definition) is 0. The average Bonchev–Trinajstić information content (AvgIpc) is 2.77. The molecule has 0 aromatic heterocycles. The third-order valence-electron chi connectivity index (χ3n) is 4.13. The first-order chi connectivity index (χ1) is 9.84. The van der Waals surface area contributed by atoms with Gasteiger partial charge in [0.1, 0.15) is 0 Å². The molecule has 0 heterocycles. The third-order valence-corrected chi connectivity index (χ3v) is 4.13. The van der Waals surface area contributed by atoms with Gasteiger partial charge in [0.25, 0.3) is 0 Å². The molecule has 0 aliphatic heterocycles. The molecule has 0 radical (unpaired) electrons. The number of benzene rings is 2. The highest BCUT2D eigenvalue weighted by Gasteiger charge is 2.13. The number of Topliss-reactive ketones (excluding diaryl/α,β-unsaturated/α-hetero) is 1. The Hall–Kier alpha value is -1.89. The van der Waals surface area contributed by atoms with Crippen molar-refractivity contribution in [2.24, 2.45) is 0 Å². The molecule has 3 rings (SSSR count). The second kappa shape index (κ2) is 6.04. The molecule has 1 aliphatic carbocycles. The third kappa shape index (κ3) is 2.82. The van der Waals surface area contributed by atoms with Crippen LogP contribution in [0.5, 0.6) is 0 Å². The van der Waals surface area contributed by atoms with Gasteiger partial charge >= 0.3 is 0 Å². The van der Waals surface area contributed by atoms with E-state index < -0.39 is 0 Å². The quantitative estimate of drug-likeness (QED) is 0.775. The summed E-state index contributed by atoms with van der Waals surface area (Å²) in [5.41, 5.74) is 2.20. The topological polar surface area (TPSA) is 17.1 Å². The van der Waals surface area contributed by atoms with E-state index in [9.17, 15) is 4.79 Å². The summed E-state index contributed by atoms with van der Waals surface area (Å²) in [4.78, 5) is 12.5. The first kappa shape index (κ1) is 13.1. The first-order valence-electron chi connectivity index (χ1n) is 7.53. The fourth-order valence-electron chi connectivity index (χ4n) is 3.00. The molecule has 1 nitrogen and oxygen atoms in total. The Morgan fingerprint density at radius 1 is 0.950 bits per heavy atom. The number of ketones is 1. The fraction of sp³-hybridized carbons (Fsp3) is 0.316. The lowest BCUT2D eigenvalue weighted by atomic mass is 9.96. The molecule has 1 aliphatic rings. The van der Waals surface area contributed by atoms with Crippen molar-refractivity contribution in [2.75, 3.05) is 0 Å². The Labute approximate surface area is 120 Å². The summed E-state index contributed by atoms with van der Waals surface area (Å²) in [6.45, 7) is 0. The molecule has 0 spiro atoms. The fourth-order valence-corrected chi connectivity index (χ4v) is 3.00. The lowest BCUT2D eigenvalue weighted by Gasteiger charge is -2.08. The van der Waals surface area contributed by atoms with Gasteiger partial charge in [0.15, 0.2) is 5.78 Å². The van der Waals surface area contributed by atoms with E-state index in [1.807, 2.05) is 18.2 Å². The molecule has 0 unspecified atom stereocenters. The van der Waals surface area contributed by atoms with E-state index in [1.54, 1.807) is 0 Å². The van der Waals surface area contributed by atoms with Gasteiger partial charge < -0.3 is 0 Å². The maximum Gasteiger partial charge on any atom is 0.162 e. The van der Waals surface area contributed by atoms with Crippen LogP contribution >= 0.6 is 0 Å². The molecular weight excluding hydrogens is 244 g/mol. The van der Waals surface area contributed by atoms with Crippen molar-refractivity contribution >= 4 is 16.6 Å². The van der Waals surface area contributed by atoms with Crippen molar-refractivity contribution in [2.45, 2.75) is 38.5 Å². The molecule has 2 aromatic rings. The minimum Gasteiger partial charge on any atom is -0.294 e. The summed E-state index contributed by atoms with van der Waals surface area (Å²) >= 11 is 0. The predicted molar refractivity (Wildman–Crippen MR) is 83.8 cm³/mol. The molecule has 0 atom stereocenters. The highest BCUT2D eigenvalue weighted by Crippen LogP contribution is 2.23. The second-order valence-corrected chi connectivity index (χ2v) is 5.57. The normalized spacial score (nSPS) is 15.7. The van der Waals surface area contributed by atoms with Crippen molar-refractivity contribution in [3.05, 3.63) is 59.7 Å². The van der Waals surface area contributed by atoms with Crippen LogP contribution in [-0.2, 0) is 11.2 Å². The molecule has 0 N–H and O–H groups in total. The average molecular weight is 264 g/mol. The zero-order valence-corrected chi connectivity index (χ0v) is 11.8. The smallest absolute Gasteiger partial charge is 0.162 e. The van der Waals surface area contributed by atoms with E-state index in [-0.39, 0.29) is 0 Å². The van der Waals surface area contributed by atoms with Crippen molar-refractivity contribution in [3.8, 4) is 0 Å². The van der Waals surface area contributed by atoms with Gasteiger partial charge in [-0.05, 0) is 47.6 Å². The van der Waals surface area contributed by atoms with E-state index in [2.05, 4.69) is 30.3 Å². The van der Waals surface area contributed by atoms with Crippen LogP contribution in [-0.4, -0.2) is 5.78 Å². The molecule has 0 amide bonds. The summed E-state index contributed by atoms with van der Waals surface area (Å²) in [5, 5.41) is 2.42. The minimum atomic E-state index is 0.309. The lowest BCUT2D eigenvalue weighted by molar-refractivity contribution is -0.115. The van der Waals surface area contributed by atoms with Gasteiger partial charge in [-0.1, -0.05) is 55.0 Å². The highest BCUT2D eigenvalue weighted by atomic mass is 16.1. The van der Waals surface area contributed by atoms with Crippen LogP contribution in [0.15, 0.2) is 54.1 Å². The number of fused-ring (bicyclic) bond motifs is 1. The minimum absolute atomic E-state index is 0.309. The molecular formula is C19H20O. The van der Waals surface area contributed by atoms with Gasteiger partial charge in [0.2, 0.25) is 0 Å². The predicted octanol–water partition coefficient (Wildman–Crippen LogP) is 4.84. The van der Waals surface area contributed by atoms with Gasteiger partial charge in [-0.15, -0.1) is 0 Å². The Morgan fingerprint density at radius 3 is 2.75 bits per heavy atom. The summed E-state index contributed by atoms with van der Waals surface area (Å²) in [6, 6.07) is 14.5. The monoisotopic (exact) mass is 264 g/mol. The molecule has 0 bridgehead atoms. The highest BCUT2D eigenvalue weighted by molar-refractivity contribution is 5.99. The SMILES string of the molecule is O=C(Cc1cccc2ccccc12)C1=CCCCCC1. The molecule has 0 fully saturated rings. The van der Waals surface area contributed by atoms with Crippen LogP contribution in [0.25, 0.3) is 10.8 Å². The molecule has 20 heavy (non-hydrogen) atoms. The molecule has 1 heteroatoms. The zero-order chi connectivity index (χ0) is 13.8. The number of hydrogen-bond acceptors (Lipinski definition) is 1. The van der Waals surface area contributed by atoms with Gasteiger partial charge in [0.05, 0.1) is 0 Å². The van der Waals surface area contributed by atoms with E-state index >= 15 is 0 Å². The van der Waals surface area contributed by atoms with Crippen LogP contribution in [0.1, 0.15) is 37.7 Å². The van der Waals surface area contributed by atoms with Crippen molar-refractivity contribution in [3.63, 3.8) is 0 Å². The number of rotatable bonds is 3. The molecule has 0 saturated carbocycles. The van der Waals surface area contributed by atoms with Crippen LogP contribution in [0.2, 0.25) is 0 Å². The summed E-state index contributed by atoms with van der Waals surface area (Å²) < 4.78 is 0. The largest absolute Gasteiger partial charge is 0.294 e. The lowest BCUT2D eigenvalue weighted by Crippen LogP contribution is -2.06. The Bertz CT molecular complexity index is 646. The Balaban J connectivity index is 1.85. The number of carbonyl (C=O) groups is 1. The van der Waals surface area contributed by atoms with E-state index in [1.165, 1.54) is 23.6 Å². The van der Waals surface area contributed by atoms with Crippen LogP contribution in [0, 0.1) is 0 Å². The zero-order valence-electron chi connectivity index (χ0n) is 11.8. The van der Waals surface area contributed by atoms with E-state index in [4.69, 9.17) is 0 Å². The molecule has 2 aromatic carbocycles. The van der Waals surface area contributed by atoms with Gasteiger partial charge in [-0.3, -0.25) is 4.79 Å². The number of carbonyl (C=O) groups excluding carboxylic acids is 1. The standard InChI is InChI=1S/C19H20O/c20-19(16-9-3-1-2-4-10-16)14-17-12-7-11-15-8-5-6-13-18(15)17/h5-9,11-13H,1-4,10,14H2. The summed E-state index contributed by atoms with van der Waals surface area (Å²) in [6.07, 6.45) is 8.37. The van der Waals surface area contributed by atoms with Gasteiger partial charge in [-0.25, -0.2) is 0 Å². The van der Waals surface area contributed by atoms with E-state index in [0.29, 0.717) is 12.2 Å². The van der Waals surface area contributed by atoms with E-state index in [0.717, 1.165) is 30.4 Å². The number of allylic oxidation sites excluding steroid dienone is 2. The Morgan fingerprint density at radius 2 is 1.80 bits per heavy atom. The second-order valence-electron chi connectivity index (χ2n) is 5.57. The van der Waals surface area contributed by atoms with Crippen LogP contribution < -0.4 is 0 Å². The Kier molecular flexibility index (Phi) is 3.96. The maximum atomic E-state index is 12.5. The summed E-state index contributed by atoms with van der Waals surface area (Å²) in [7, 11) is 0. The molecule has 102 valence electrons. The van der Waals surface area contributed by atoms with Crippen molar-refractivity contribution in [1.82, 2.24) is 0 Å².